The van der Waals surface area contributed by atoms with E-state index in [4.69, 9.17) is 0 Å². The molecule has 0 aliphatic rings. The van der Waals surface area contributed by atoms with Crippen molar-refractivity contribution >= 4 is 6.71 Å². The van der Waals surface area contributed by atoms with Crippen LogP contribution in [0.5, 0.6) is 0 Å². The van der Waals surface area contributed by atoms with Gasteiger partial charge in [0.05, 0.1) is 0 Å². The topological polar surface area (TPSA) is 0 Å². The molecule has 14 heavy (non-hydrogen) atoms. The maximum atomic E-state index is 2.35. The van der Waals surface area contributed by atoms with Gasteiger partial charge in [0.15, 0.2) is 0 Å². The van der Waals surface area contributed by atoms with Crippen LogP contribution < -0.4 is 18.9 Å². The first-order valence-electron chi connectivity index (χ1n) is 6.06. The molecule has 0 spiro atoms. The summed E-state index contributed by atoms with van der Waals surface area (Å²) in [5, 5.41) is 0. The van der Waals surface area contributed by atoms with E-state index in [-0.39, 0.29) is 18.9 Å². The zero-order chi connectivity index (χ0) is 10.3. The van der Waals surface area contributed by atoms with Gasteiger partial charge in [0.2, 0.25) is 0 Å². The van der Waals surface area contributed by atoms with Gasteiger partial charge in [-0.15, -0.1) is 0 Å². The first-order chi connectivity index (χ1) is 6.06. The summed E-state index contributed by atoms with van der Waals surface area (Å²) < 4.78 is 0. The average Bonchev–Trinajstić information content (AvgIpc) is 1.98. The van der Waals surface area contributed by atoms with Crippen LogP contribution in [0.2, 0.25) is 19.0 Å². The number of hydrogen-bond donors (Lipinski definition) is 0. The van der Waals surface area contributed by atoms with Crippen molar-refractivity contribution in [1.82, 2.24) is 0 Å². The quantitative estimate of drug-likeness (QED) is 0.533. The summed E-state index contributed by atoms with van der Waals surface area (Å²) in [6, 6.07) is 0. The van der Waals surface area contributed by atoms with E-state index in [9.17, 15) is 0 Å². The predicted molar refractivity (Wildman–Crippen MR) is 64.8 cm³/mol. The first-order valence-corrected chi connectivity index (χ1v) is 6.06. The van der Waals surface area contributed by atoms with E-state index in [2.05, 4.69) is 34.6 Å². The molecule has 0 aromatic rings. The van der Waals surface area contributed by atoms with Gasteiger partial charge in [-0.25, -0.2) is 0 Å². The van der Waals surface area contributed by atoms with Gasteiger partial charge in [0, 0.05) is 0 Å². The van der Waals surface area contributed by atoms with Crippen molar-refractivity contribution in [3.63, 3.8) is 0 Å². The smallest absolute Gasteiger partial charge is 0.0741 e. The van der Waals surface area contributed by atoms with E-state index in [0.29, 0.717) is 0 Å². The Bertz CT molecular complexity index is 103. The van der Waals surface area contributed by atoms with Gasteiger partial charge in [-0.05, 0) is 0 Å². The summed E-state index contributed by atoms with van der Waals surface area (Å²) >= 11 is 0. The van der Waals surface area contributed by atoms with Crippen LogP contribution in [0.15, 0.2) is 0 Å². The second kappa shape index (κ2) is 10.2. The van der Waals surface area contributed by atoms with Gasteiger partial charge >= 0.3 is 18.9 Å². The van der Waals surface area contributed by atoms with Crippen molar-refractivity contribution in [1.29, 1.82) is 0 Å². The molecule has 0 aliphatic heterocycles. The zero-order valence-corrected chi connectivity index (χ0v) is 11.3. The SMILES string of the molecule is CCCCB(CC(C)C)CC(C)C.[Li+]. The average molecular weight is 189 g/mol. The standard InChI is InChI=1S/C12H27B.Li/c1-6-7-8-13(9-11(2)3)10-12(4)5;/h11-12H,6-10H2,1-5H3;/q;+1. The van der Waals surface area contributed by atoms with Gasteiger partial charge in [-0.3, -0.25) is 0 Å². The van der Waals surface area contributed by atoms with E-state index >= 15 is 0 Å². The molecule has 0 aromatic heterocycles. The molecule has 78 valence electrons. The Morgan fingerprint density at radius 3 is 1.64 bits per heavy atom. The minimum atomic E-state index is 0. The van der Waals surface area contributed by atoms with E-state index in [1.54, 1.807) is 0 Å². The van der Waals surface area contributed by atoms with E-state index in [1.807, 2.05) is 0 Å². The van der Waals surface area contributed by atoms with Crippen molar-refractivity contribution in [3.05, 3.63) is 0 Å². The molecule has 0 fully saturated rings. The normalized spacial score (nSPS) is 10.5. The molecule has 0 aromatic carbocycles. The predicted octanol–water partition coefficient (Wildman–Crippen LogP) is 1.60. The zero-order valence-electron chi connectivity index (χ0n) is 11.3. The molecular weight excluding hydrogens is 162 g/mol. The Kier molecular flexibility index (Phi) is 12.4. The Balaban J connectivity index is 0. The second-order valence-corrected chi connectivity index (χ2v) is 5.27. The Morgan fingerprint density at radius 2 is 1.36 bits per heavy atom. The van der Waals surface area contributed by atoms with Crippen molar-refractivity contribution in [2.24, 2.45) is 11.8 Å². The Labute approximate surface area is 104 Å². The Morgan fingerprint density at radius 1 is 0.929 bits per heavy atom. The largest absolute Gasteiger partial charge is 1.00 e. The van der Waals surface area contributed by atoms with E-state index in [0.717, 1.165) is 18.5 Å². The van der Waals surface area contributed by atoms with Crippen molar-refractivity contribution in [2.75, 3.05) is 0 Å². The minimum Gasteiger partial charge on any atom is -0.0741 e. The maximum absolute atomic E-state index is 2.35. The van der Waals surface area contributed by atoms with Crippen LogP contribution in [-0.4, -0.2) is 6.71 Å². The molecule has 0 heterocycles. The van der Waals surface area contributed by atoms with Gasteiger partial charge < -0.3 is 0 Å². The summed E-state index contributed by atoms with van der Waals surface area (Å²) in [5.41, 5.74) is 0. The molecule has 0 atom stereocenters. The fraction of sp³-hybridized carbons (Fsp3) is 1.00. The minimum absolute atomic E-state index is 0. The van der Waals surface area contributed by atoms with Crippen LogP contribution in [-0.2, 0) is 0 Å². The van der Waals surface area contributed by atoms with E-state index < -0.39 is 0 Å². The summed E-state index contributed by atoms with van der Waals surface area (Å²) in [7, 11) is 0. The third-order valence-electron chi connectivity index (χ3n) is 2.58. The number of rotatable bonds is 7. The molecule has 0 unspecified atom stereocenters. The third-order valence-corrected chi connectivity index (χ3v) is 2.58. The Hall–Kier alpha value is 0.662. The molecule has 0 N–H and O–H groups in total. The molecule has 0 saturated heterocycles. The van der Waals surface area contributed by atoms with Gasteiger partial charge in [0.1, 0.15) is 6.71 Å². The molecule has 0 saturated carbocycles. The van der Waals surface area contributed by atoms with Crippen molar-refractivity contribution in [2.45, 2.75) is 66.4 Å². The van der Waals surface area contributed by atoms with Crippen molar-refractivity contribution < 1.29 is 18.9 Å². The molecule has 2 heteroatoms. The third kappa shape index (κ3) is 10.7. The van der Waals surface area contributed by atoms with Crippen LogP contribution in [0, 0.1) is 11.8 Å². The van der Waals surface area contributed by atoms with E-state index in [1.165, 1.54) is 31.8 Å². The fourth-order valence-corrected chi connectivity index (χ4v) is 2.16. The molecular formula is C12H27BLi+. The van der Waals surface area contributed by atoms with Crippen LogP contribution in [0.1, 0.15) is 47.5 Å². The van der Waals surface area contributed by atoms with Crippen LogP contribution in [0.4, 0.5) is 0 Å². The number of hydrogen-bond acceptors (Lipinski definition) is 0. The first kappa shape index (κ1) is 17.1. The summed E-state index contributed by atoms with van der Waals surface area (Å²) in [6.45, 7) is 12.7. The molecule has 0 aliphatic carbocycles. The van der Waals surface area contributed by atoms with Gasteiger partial charge in [0.25, 0.3) is 0 Å². The fourth-order valence-electron chi connectivity index (χ4n) is 2.16. The second-order valence-electron chi connectivity index (χ2n) is 5.27. The monoisotopic (exact) mass is 189 g/mol. The summed E-state index contributed by atoms with van der Waals surface area (Å²) in [4.78, 5) is 0. The number of unbranched alkanes of at least 4 members (excludes halogenated alkanes) is 1. The summed E-state index contributed by atoms with van der Waals surface area (Å²) in [6.07, 6.45) is 7.08. The van der Waals surface area contributed by atoms with Crippen LogP contribution in [0.25, 0.3) is 0 Å². The summed E-state index contributed by atoms with van der Waals surface area (Å²) in [5.74, 6) is 1.75. The van der Waals surface area contributed by atoms with Gasteiger partial charge in [-0.2, -0.15) is 0 Å². The molecule has 0 bridgehead atoms. The molecule has 0 amide bonds. The van der Waals surface area contributed by atoms with Crippen LogP contribution >= 0.6 is 0 Å². The molecule has 0 radical (unpaired) electrons. The van der Waals surface area contributed by atoms with Crippen molar-refractivity contribution in [3.8, 4) is 0 Å². The van der Waals surface area contributed by atoms with Crippen LogP contribution in [0.3, 0.4) is 0 Å². The molecule has 0 rings (SSSR count). The van der Waals surface area contributed by atoms with Gasteiger partial charge in [-0.1, -0.05) is 78.3 Å². The maximum Gasteiger partial charge on any atom is 1.00 e. The molecule has 0 nitrogen and oxygen atoms in total.